The molecule has 0 heterocycles. The molecular weight excluding hydrogens is 280 g/mol. The molecule has 0 radical (unpaired) electrons. The maximum Gasteiger partial charge on any atom is 0.241 e. The molecule has 2 atom stereocenters. The van der Waals surface area contributed by atoms with Crippen LogP contribution in [-0.2, 0) is 15.8 Å². The molecular formula is C17H26O3Si. The second kappa shape index (κ2) is 6.67. The fourth-order valence-corrected chi connectivity index (χ4v) is 3.40. The molecule has 0 bridgehead atoms. The fourth-order valence-electron chi connectivity index (χ4n) is 2.46. The number of rotatable bonds is 6. The van der Waals surface area contributed by atoms with Crippen LogP contribution >= 0.6 is 0 Å². The number of ether oxygens (including phenoxy) is 2. The van der Waals surface area contributed by atoms with Gasteiger partial charge in [0, 0.05) is 12.3 Å². The lowest BCUT2D eigenvalue weighted by atomic mass is 10.1. The van der Waals surface area contributed by atoms with Gasteiger partial charge in [0.2, 0.25) is 8.32 Å². The monoisotopic (exact) mass is 306 g/mol. The smallest absolute Gasteiger partial charge is 0.241 e. The van der Waals surface area contributed by atoms with Gasteiger partial charge in [-0.2, -0.15) is 0 Å². The molecule has 0 aromatic heterocycles. The molecule has 1 aliphatic rings. The Morgan fingerprint density at radius 2 is 1.81 bits per heavy atom. The summed E-state index contributed by atoms with van der Waals surface area (Å²) in [4.78, 5) is 0. The lowest BCUT2D eigenvalue weighted by Crippen LogP contribution is -2.25. The molecule has 1 aliphatic carbocycles. The fraction of sp³-hybridized carbons (Fsp3) is 0.529. The average molecular weight is 306 g/mol. The number of benzene rings is 1. The van der Waals surface area contributed by atoms with Gasteiger partial charge >= 0.3 is 0 Å². The van der Waals surface area contributed by atoms with E-state index in [1.54, 1.807) is 7.11 Å². The Morgan fingerprint density at radius 3 is 2.38 bits per heavy atom. The first kappa shape index (κ1) is 16.1. The molecule has 0 aliphatic heterocycles. The maximum absolute atomic E-state index is 6.09. The summed E-state index contributed by atoms with van der Waals surface area (Å²) in [6.07, 6.45) is 3.33. The van der Waals surface area contributed by atoms with E-state index < -0.39 is 8.32 Å². The topological polar surface area (TPSA) is 27.7 Å². The third-order valence-corrected chi connectivity index (χ3v) is 4.37. The largest absolute Gasteiger partial charge is 0.547 e. The van der Waals surface area contributed by atoms with Crippen molar-refractivity contribution in [2.24, 2.45) is 5.92 Å². The van der Waals surface area contributed by atoms with Gasteiger partial charge in [-0.3, -0.25) is 0 Å². The SMILES string of the molecule is COc1ccc(CO[C@H]2CC(O[Si](C)(C)C)=C[C@@H]2C)cc1. The summed E-state index contributed by atoms with van der Waals surface area (Å²) < 4.78 is 17.3. The third-order valence-electron chi connectivity index (χ3n) is 3.50. The van der Waals surface area contributed by atoms with Gasteiger partial charge in [-0.25, -0.2) is 0 Å². The summed E-state index contributed by atoms with van der Waals surface area (Å²) in [5.74, 6) is 2.40. The first-order chi connectivity index (χ1) is 9.87. The van der Waals surface area contributed by atoms with E-state index in [2.05, 4.69) is 32.6 Å². The summed E-state index contributed by atoms with van der Waals surface area (Å²) in [6.45, 7) is 9.46. The lowest BCUT2D eigenvalue weighted by molar-refractivity contribution is 0.0226. The second-order valence-corrected chi connectivity index (χ2v) is 11.0. The van der Waals surface area contributed by atoms with Crippen molar-refractivity contribution in [1.29, 1.82) is 0 Å². The van der Waals surface area contributed by atoms with Gasteiger partial charge in [0.05, 0.1) is 25.6 Å². The Balaban J connectivity index is 1.84. The molecule has 0 fully saturated rings. The van der Waals surface area contributed by atoms with Crippen molar-refractivity contribution in [2.45, 2.75) is 45.7 Å². The zero-order valence-corrected chi connectivity index (χ0v) is 14.7. The van der Waals surface area contributed by atoms with Gasteiger partial charge in [0.15, 0.2) is 0 Å². The summed E-state index contributed by atoms with van der Waals surface area (Å²) in [5.41, 5.74) is 1.17. The molecule has 1 aromatic carbocycles. The first-order valence-electron chi connectivity index (χ1n) is 7.51. The van der Waals surface area contributed by atoms with E-state index in [0.717, 1.165) is 17.9 Å². The van der Waals surface area contributed by atoms with Crippen LogP contribution in [0.3, 0.4) is 0 Å². The Morgan fingerprint density at radius 1 is 1.14 bits per heavy atom. The van der Waals surface area contributed by atoms with Crippen molar-refractivity contribution in [3.8, 4) is 5.75 Å². The van der Waals surface area contributed by atoms with E-state index in [4.69, 9.17) is 13.9 Å². The van der Waals surface area contributed by atoms with Gasteiger partial charge in [-0.1, -0.05) is 19.1 Å². The Bertz CT molecular complexity index is 488. The molecule has 0 saturated heterocycles. The van der Waals surface area contributed by atoms with E-state index in [9.17, 15) is 0 Å². The second-order valence-electron chi connectivity index (χ2n) is 6.61. The average Bonchev–Trinajstić information content (AvgIpc) is 2.74. The minimum absolute atomic E-state index is 0.221. The molecule has 4 heteroatoms. The van der Waals surface area contributed by atoms with Crippen molar-refractivity contribution in [2.75, 3.05) is 7.11 Å². The summed E-state index contributed by atoms with van der Waals surface area (Å²) >= 11 is 0. The summed E-state index contributed by atoms with van der Waals surface area (Å²) in [7, 11) is 0.161. The first-order valence-corrected chi connectivity index (χ1v) is 10.9. The van der Waals surface area contributed by atoms with Crippen LogP contribution in [0.4, 0.5) is 0 Å². The van der Waals surface area contributed by atoms with Crippen LogP contribution in [0.25, 0.3) is 0 Å². The van der Waals surface area contributed by atoms with Crippen LogP contribution in [0.2, 0.25) is 19.6 Å². The predicted octanol–water partition coefficient (Wildman–Crippen LogP) is 4.36. The van der Waals surface area contributed by atoms with Crippen LogP contribution in [0.1, 0.15) is 18.9 Å². The van der Waals surface area contributed by atoms with E-state index in [1.807, 2.05) is 24.3 Å². The number of hydrogen-bond acceptors (Lipinski definition) is 3. The van der Waals surface area contributed by atoms with E-state index in [1.165, 1.54) is 5.56 Å². The van der Waals surface area contributed by atoms with Gasteiger partial charge < -0.3 is 13.9 Å². The van der Waals surface area contributed by atoms with Crippen molar-refractivity contribution in [3.63, 3.8) is 0 Å². The molecule has 2 rings (SSSR count). The maximum atomic E-state index is 6.09. The van der Waals surface area contributed by atoms with Gasteiger partial charge in [-0.05, 0) is 43.4 Å². The summed E-state index contributed by atoms with van der Waals surface area (Å²) in [6, 6.07) is 8.03. The molecule has 0 amide bonds. The zero-order valence-electron chi connectivity index (χ0n) is 13.7. The van der Waals surface area contributed by atoms with Gasteiger partial charge in [0.25, 0.3) is 0 Å². The number of hydrogen-bond donors (Lipinski definition) is 0. The molecule has 21 heavy (non-hydrogen) atoms. The molecule has 0 saturated carbocycles. The van der Waals surface area contributed by atoms with E-state index >= 15 is 0 Å². The van der Waals surface area contributed by atoms with Crippen LogP contribution in [-0.4, -0.2) is 21.5 Å². The van der Waals surface area contributed by atoms with Crippen LogP contribution in [0.5, 0.6) is 5.75 Å². The lowest BCUT2D eigenvalue weighted by Gasteiger charge is -2.21. The quantitative estimate of drug-likeness (QED) is 0.731. The van der Waals surface area contributed by atoms with Gasteiger partial charge in [-0.15, -0.1) is 0 Å². The van der Waals surface area contributed by atoms with Crippen LogP contribution in [0.15, 0.2) is 36.1 Å². The normalized spacial score (nSPS) is 22.0. The Hall–Kier alpha value is -1.26. The highest BCUT2D eigenvalue weighted by Crippen LogP contribution is 2.30. The molecule has 0 spiro atoms. The highest BCUT2D eigenvalue weighted by atomic mass is 28.4. The Labute approximate surface area is 129 Å². The van der Waals surface area contributed by atoms with Gasteiger partial charge in [0.1, 0.15) is 5.75 Å². The zero-order chi connectivity index (χ0) is 15.5. The minimum Gasteiger partial charge on any atom is -0.547 e. The van der Waals surface area contributed by atoms with Crippen molar-refractivity contribution >= 4 is 8.32 Å². The van der Waals surface area contributed by atoms with Crippen molar-refractivity contribution in [1.82, 2.24) is 0 Å². The molecule has 116 valence electrons. The highest BCUT2D eigenvalue weighted by molar-refractivity contribution is 6.70. The molecule has 3 nitrogen and oxygen atoms in total. The molecule has 0 N–H and O–H groups in total. The molecule has 0 unspecified atom stereocenters. The third kappa shape index (κ3) is 4.90. The number of methoxy groups -OCH3 is 1. The van der Waals surface area contributed by atoms with Crippen molar-refractivity contribution < 1.29 is 13.9 Å². The molecule has 1 aromatic rings. The van der Waals surface area contributed by atoms with E-state index in [-0.39, 0.29) is 6.10 Å². The predicted molar refractivity (Wildman–Crippen MR) is 87.9 cm³/mol. The van der Waals surface area contributed by atoms with Crippen LogP contribution in [0, 0.1) is 5.92 Å². The van der Waals surface area contributed by atoms with E-state index in [0.29, 0.717) is 12.5 Å². The van der Waals surface area contributed by atoms with Crippen LogP contribution < -0.4 is 4.74 Å². The standard InChI is InChI=1S/C17H26O3Si/c1-13-10-16(20-21(3,4)5)11-17(13)19-12-14-6-8-15(18-2)9-7-14/h6-10,13,17H,11-12H2,1-5H3/t13-,17-/m0/s1. The van der Waals surface area contributed by atoms with Crippen molar-refractivity contribution in [3.05, 3.63) is 41.7 Å². The highest BCUT2D eigenvalue weighted by Gasteiger charge is 2.29. The Kier molecular flexibility index (Phi) is 5.11. The minimum atomic E-state index is -1.52. The summed E-state index contributed by atoms with van der Waals surface area (Å²) in [5, 5.41) is 0.